The summed E-state index contributed by atoms with van der Waals surface area (Å²) < 4.78 is 53.5. The van der Waals surface area contributed by atoms with Gasteiger partial charge in [-0.3, -0.25) is 4.40 Å². The summed E-state index contributed by atoms with van der Waals surface area (Å²) >= 11 is 5.59. The van der Waals surface area contributed by atoms with E-state index in [0.717, 1.165) is 22.9 Å². The number of rotatable bonds is 1. The van der Waals surface area contributed by atoms with E-state index >= 15 is 0 Å². The molecule has 0 aliphatic rings. The van der Waals surface area contributed by atoms with Gasteiger partial charge in [0.25, 0.3) is 0 Å². The van der Waals surface area contributed by atoms with Gasteiger partial charge in [-0.1, -0.05) is 0 Å². The molecule has 3 aromatic heterocycles. The topological polar surface area (TPSA) is 43.1 Å². The molecule has 0 saturated heterocycles. The van der Waals surface area contributed by atoms with Crippen LogP contribution in [0.5, 0.6) is 0 Å². The predicted octanol–water partition coefficient (Wildman–Crippen LogP) is 3.60. The Labute approximate surface area is 120 Å². The largest absolute Gasteiger partial charge is 0.419 e. The fourth-order valence-electron chi connectivity index (χ4n) is 1.93. The van der Waals surface area contributed by atoms with Crippen LogP contribution < -0.4 is 0 Å². The van der Waals surface area contributed by atoms with E-state index in [9.17, 15) is 17.6 Å². The number of aromatic nitrogens is 4. The molecule has 0 radical (unpaired) electrons. The lowest BCUT2D eigenvalue weighted by molar-refractivity contribution is -0.136. The molecule has 0 fully saturated rings. The molecule has 3 heterocycles. The van der Waals surface area contributed by atoms with Gasteiger partial charge in [0.15, 0.2) is 5.82 Å². The Morgan fingerprint density at radius 3 is 2.62 bits per heavy atom. The van der Waals surface area contributed by atoms with Gasteiger partial charge in [-0.2, -0.15) is 13.2 Å². The van der Waals surface area contributed by atoms with Crippen molar-refractivity contribution in [2.75, 3.05) is 0 Å². The third-order valence-electron chi connectivity index (χ3n) is 2.80. The molecule has 9 heteroatoms. The van der Waals surface area contributed by atoms with E-state index < -0.39 is 17.6 Å². The Morgan fingerprint density at radius 2 is 1.90 bits per heavy atom. The van der Waals surface area contributed by atoms with Crippen molar-refractivity contribution in [3.05, 3.63) is 47.4 Å². The van der Waals surface area contributed by atoms with Crippen LogP contribution in [0.25, 0.3) is 17.0 Å². The standard InChI is InChI=1S/C12H5ClF4N4/c13-11-19-4-7(14)9(20-11)8-5-18-10-6(12(15,16)17)2-1-3-21(8)10/h1-5H. The Balaban J connectivity index is 2.29. The Morgan fingerprint density at radius 1 is 1.14 bits per heavy atom. The van der Waals surface area contributed by atoms with Crippen LogP contribution in [-0.4, -0.2) is 19.4 Å². The average molecular weight is 317 g/mol. The zero-order chi connectivity index (χ0) is 15.2. The van der Waals surface area contributed by atoms with E-state index in [0.29, 0.717) is 0 Å². The van der Waals surface area contributed by atoms with Crippen molar-refractivity contribution in [3.63, 3.8) is 0 Å². The van der Waals surface area contributed by atoms with E-state index in [1.54, 1.807) is 0 Å². The van der Waals surface area contributed by atoms with Gasteiger partial charge in [-0.15, -0.1) is 0 Å². The number of imidazole rings is 1. The number of fused-ring (bicyclic) bond motifs is 1. The molecule has 4 nitrogen and oxygen atoms in total. The lowest BCUT2D eigenvalue weighted by Gasteiger charge is -2.08. The Bertz CT molecular complexity index is 828. The predicted molar refractivity (Wildman–Crippen MR) is 66.2 cm³/mol. The molecule has 0 unspecified atom stereocenters. The highest BCUT2D eigenvalue weighted by Gasteiger charge is 2.34. The normalized spacial score (nSPS) is 12.0. The minimum Gasteiger partial charge on any atom is -0.298 e. The summed E-state index contributed by atoms with van der Waals surface area (Å²) in [5.74, 6) is -0.807. The number of alkyl halides is 3. The molecule has 0 N–H and O–H groups in total. The van der Waals surface area contributed by atoms with Crippen LogP contribution in [0.1, 0.15) is 5.56 Å². The van der Waals surface area contributed by atoms with Crippen molar-refractivity contribution in [2.45, 2.75) is 6.18 Å². The second-order valence-electron chi connectivity index (χ2n) is 4.09. The van der Waals surface area contributed by atoms with Crippen LogP contribution in [0.2, 0.25) is 5.28 Å². The SMILES string of the molecule is Fc1cnc(Cl)nc1-c1cnc2c(C(F)(F)F)cccn12. The molecule has 0 amide bonds. The first kappa shape index (κ1) is 13.7. The highest BCUT2D eigenvalue weighted by molar-refractivity contribution is 6.28. The Hall–Kier alpha value is -2.22. The van der Waals surface area contributed by atoms with Gasteiger partial charge >= 0.3 is 6.18 Å². The molecule has 0 aliphatic heterocycles. The molecule has 0 aliphatic carbocycles. The smallest absolute Gasteiger partial charge is 0.298 e. The molecule has 21 heavy (non-hydrogen) atoms. The average Bonchev–Trinajstić information content (AvgIpc) is 2.84. The second-order valence-corrected chi connectivity index (χ2v) is 4.43. The molecule has 0 spiro atoms. The summed E-state index contributed by atoms with van der Waals surface area (Å²) in [4.78, 5) is 10.9. The zero-order valence-corrected chi connectivity index (χ0v) is 10.8. The highest BCUT2D eigenvalue weighted by atomic mass is 35.5. The van der Waals surface area contributed by atoms with Crippen molar-refractivity contribution < 1.29 is 17.6 Å². The van der Waals surface area contributed by atoms with E-state index in [1.165, 1.54) is 12.3 Å². The van der Waals surface area contributed by atoms with Gasteiger partial charge in [0, 0.05) is 6.20 Å². The van der Waals surface area contributed by atoms with E-state index in [-0.39, 0.29) is 22.3 Å². The van der Waals surface area contributed by atoms with Crippen molar-refractivity contribution in [3.8, 4) is 11.4 Å². The van der Waals surface area contributed by atoms with E-state index in [1.807, 2.05) is 0 Å². The van der Waals surface area contributed by atoms with Crippen LogP contribution in [-0.2, 0) is 6.18 Å². The van der Waals surface area contributed by atoms with Gasteiger partial charge in [0.1, 0.15) is 11.3 Å². The van der Waals surface area contributed by atoms with Gasteiger partial charge in [0.05, 0.1) is 23.7 Å². The van der Waals surface area contributed by atoms with Crippen LogP contribution in [0.15, 0.2) is 30.7 Å². The molecule has 3 rings (SSSR count). The number of hydrogen-bond donors (Lipinski definition) is 0. The summed E-state index contributed by atoms with van der Waals surface area (Å²) in [5.41, 5.74) is -1.43. The fraction of sp³-hybridized carbons (Fsp3) is 0.0833. The minimum absolute atomic E-state index is 0.0536. The zero-order valence-electron chi connectivity index (χ0n) is 10.1. The van der Waals surface area contributed by atoms with Crippen LogP contribution in [0.3, 0.4) is 0 Å². The monoisotopic (exact) mass is 316 g/mol. The molecule has 0 atom stereocenters. The quantitative estimate of drug-likeness (QED) is 0.509. The van der Waals surface area contributed by atoms with Crippen molar-refractivity contribution in [1.82, 2.24) is 19.4 Å². The molecule has 108 valence electrons. The van der Waals surface area contributed by atoms with Crippen LogP contribution in [0, 0.1) is 5.82 Å². The number of nitrogens with zero attached hydrogens (tertiary/aromatic N) is 4. The van der Waals surface area contributed by atoms with Crippen molar-refractivity contribution >= 4 is 17.2 Å². The van der Waals surface area contributed by atoms with Gasteiger partial charge < -0.3 is 0 Å². The molecular formula is C12H5ClF4N4. The van der Waals surface area contributed by atoms with Crippen molar-refractivity contribution in [1.29, 1.82) is 0 Å². The number of pyridine rings is 1. The van der Waals surface area contributed by atoms with E-state index in [4.69, 9.17) is 11.6 Å². The van der Waals surface area contributed by atoms with E-state index in [2.05, 4.69) is 15.0 Å². The first-order chi connectivity index (χ1) is 9.88. The fourth-order valence-corrected chi connectivity index (χ4v) is 2.07. The van der Waals surface area contributed by atoms with Gasteiger partial charge in [-0.05, 0) is 23.7 Å². The first-order valence-electron chi connectivity index (χ1n) is 5.59. The maximum absolute atomic E-state index is 13.7. The van der Waals surface area contributed by atoms with Gasteiger partial charge in [0.2, 0.25) is 5.28 Å². The lowest BCUT2D eigenvalue weighted by atomic mass is 10.2. The van der Waals surface area contributed by atoms with Gasteiger partial charge in [-0.25, -0.2) is 19.3 Å². The summed E-state index contributed by atoms with van der Waals surface area (Å²) in [6, 6.07) is 2.09. The summed E-state index contributed by atoms with van der Waals surface area (Å²) in [6.07, 6.45) is -1.28. The summed E-state index contributed by atoms with van der Waals surface area (Å²) in [5, 5.41) is -0.215. The van der Waals surface area contributed by atoms with Crippen LogP contribution >= 0.6 is 11.6 Å². The maximum Gasteiger partial charge on any atom is 0.419 e. The second kappa shape index (κ2) is 4.66. The molecule has 0 bridgehead atoms. The molecular weight excluding hydrogens is 312 g/mol. The summed E-state index contributed by atoms with van der Waals surface area (Å²) in [7, 11) is 0. The van der Waals surface area contributed by atoms with Crippen LogP contribution in [0.4, 0.5) is 17.6 Å². The molecule has 0 saturated carbocycles. The third-order valence-corrected chi connectivity index (χ3v) is 2.98. The third kappa shape index (κ3) is 2.31. The minimum atomic E-state index is -4.56. The highest BCUT2D eigenvalue weighted by Crippen LogP contribution is 2.33. The summed E-state index contributed by atoms with van der Waals surface area (Å²) in [6.45, 7) is 0. The lowest BCUT2D eigenvalue weighted by Crippen LogP contribution is -2.07. The Kier molecular flexibility index (Phi) is 3.05. The first-order valence-corrected chi connectivity index (χ1v) is 5.97. The number of hydrogen-bond acceptors (Lipinski definition) is 3. The number of halogens is 5. The van der Waals surface area contributed by atoms with Crippen molar-refractivity contribution in [2.24, 2.45) is 0 Å². The molecule has 3 aromatic rings. The maximum atomic E-state index is 13.7. The molecule has 0 aromatic carbocycles.